The number of rotatable bonds is 5. The van der Waals surface area contributed by atoms with Gasteiger partial charge in [-0.15, -0.1) is 11.6 Å². The number of nitrogens with one attached hydrogen (secondary N) is 3. The minimum absolute atomic E-state index is 0.111. The van der Waals surface area contributed by atoms with Crippen LogP contribution >= 0.6 is 11.6 Å². The lowest BCUT2D eigenvalue weighted by Gasteiger charge is -2.36. The standard InChI is InChI=1S/C21H30ClN5O4/c1-20(2,3)31-19(29)25-13-6-5-9-27(11-13)16-14-7-8-23-17(14)24-10-15(16)26-18(28)21(4,30)12-22/h7-8,10,13,30H,5-6,9,11-12H2,1-4H3,(H,23,24)(H,25,29)(H,26,28). The van der Waals surface area contributed by atoms with E-state index in [-0.39, 0.29) is 11.9 Å². The van der Waals surface area contributed by atoms with Gasteiger partial charge in [0, 0.05) is 30.7 Å². The minimum Gasteiger partial charge on any atom is -0.444 e. The van der Waals surface area contributed by atoms with Crippen LogP contribution in [0.2, 0.25) is 0 Å². The highest BCUT2D eigenvalue weighted by molar-refractivity contribution is 6.21. The molecule has 2 aromatic heterocycles. The normalized spacial score (nSPS) is 19.0. The first-order valence-corrected chi connectivity index (χ1v) is 10.8. The summed E-state index contributed by atoms with van der Waals surface area (Å²) >= 11 is 5.74. The quantitative estimate of drug-likeness (QED) is 0.519. The molecular formula is C21H30ClN5O4. The molecule has 2 atom stereocenters. The fourth-order valence-electron chi connectivity index (χ4n) is 3.52. The smallest absolute Gasteiger partial charge is 0.407 e. The average molecular weight is 452 g/mol. The number of aromatic nitrogens is 2. The van der Waals surface area contributed by atoms with Crippen molar-refractivity contribution < 1.29 is 19.4 Å². The van der Waals surface area contributed by atoms with Crippen molar-refractivity contribution in [2.24, 2.45) is 0 Å². The molecule has 4 N–H and O–H groups in total. The number of H-pyrrole nitrogens is 1. The molecule has 31 heavy (non-hydrogen) atoms. The maximum atomic E-state index is 12.5. The molecule has 0 bridgehead atoms. The highest BCUT2D eigenvalue weighted by Crippen LogP contribution is 2.35. The lowest BCUT2D eigenvalue weighted by molar-refractivity contribution is -0.130. The van der Waals surface area contributed by atoms with E-state index >= 15 is 0 Å². The number of ether oxygens (including phenoxy) is 1. The molecule has 170 valence electrons. The largest absolute Gasteiger partial charge is 0.444 e. The van der Waals surface area contributed by atoms with E-state index in [1.54, 1.807) is 12.4 Å². The first-order valence-electron chi connectivity index (χ1n) is 10.3. The van der Waals surface area contributed by atoms with Gasteiger partial charge in [0.25, 0.3) is 5.91 Å². The van der Waals surface area contributed by atoms with Crippen molar-refractivity contribution in [2.45, 2.75) is 57.8 Å². The molecule has 1 saturated heterocycles. The Morgan fingerprint density at radius 1 is 1.39 bits per heavy atom. The topological polar surface area (TPSA) is 120 Å². The molecule has 3 rings (SSSR count). The summed E-state index contributed by atoms with van der Waals surface area (Å²) in [5.41, 5.74) is -0.355. The number of anilines is 2. The number of carbonyl (C=O) groups is 2. The van der Waals surface area contributed by atoms with E-state index in [9.17, 15) is 14.7 Å². The predicted octanol–water partition coefficient (Wildman–Crippen LogP) is 2.98. The van der Waals surface area contributed by atoms with Gasteiger partial charge in [0.1, 0.15) is 11.2 Å². The van der Waals surface area contributed by atoms with Crippen molar-refractivity contribution in [1.29, 1.82) is 0 Å². The minimum atomic E-state index is -1.71. The number of amides is 2. The summed E-state index contributed by atoms with van der Waals surface area (Å²) in [4.78, 5) is 34.3. The highest BCUT2D eigenvalue weighted by Gasteiger charge is 2.32. The zero-order valence-corrected chi connectivity index (χ0v) is 19.0. The van der Waals surface area contributed by atoms with Gasteiger partial charge < -0.3 is 30.4 Å². The van der Waals surface area contributed by atoms with Gasteiger partial charge >= 0.3 is 6.09 Å². The summed E-state index contributed by atoms with van der Waals surface area (Å²) in [6, 6.07) is 1.78. The van der Waals surface area contributed by atoms with Crippen LogP contribution in [0.1, 0.15) is 40.5 Å². The SMILES string of the molecule is CC(C)(C)OC(=O)NC1CCCN(c2c(NC(=O)C(C)(O)CCl)cnc3[nH]ccc23)C1. The van der Waals surface area contributed by atoms with E-state index in [1.165, 1.54) is 6.92 Å². The summed E-state index contributed by atoms with van der Waals surface area (Å²) < 4.78 is 5.38. The molecular weight excluding hydrogens is 422 g/mol. The van der Waals surface area contributed by atoms with Gasteiger partial charge in [-0.25, -0.2) is 9.78 Å². The van der Waals surface area contributed by atoms with Gasteiger partial charge in [0.15, 0.2) is 5.60 Å². The van der Waals surface area contributed by atoms with E-state index in [2.05, 4.69) is 25.5 Å². The fraction of sp³-hybridized carbons (Fsp3) is 0.571. The number of aromatic amines is 1. The Balaban J connectivity index is 1.86. The molecule has 0 radical (unpaired) electrons. The Bertz CT molecular complexity index is 953. The third kappa shape index (κ3) is 5.59. The number of halogens is 1. The van der Waals surface area contributed by atoms with Crippen LogP contribution in [0.25, 0.3) is 11.0 Å². The van der Waals surface area contributed by atoms with Crippen LogP contribution in [0.4, 0.5) is 16.2 Å². The number of hydrogen-bond acceptors (Lipinski definition) is 6. The van der Waals surface area contributed by atoms with Crippen LogP contribution in [-0.2, 0) is 9.53 Å². The van der Waals surface area contributed by atoms with Gasteiger partial charge in [-0.3, -0.25) is 4.79 Å². The van der Waals surface area contributed by atoms with Crippen molar-refractivity contribution in [2.75, 3.05) is 29.2 Å². The van der Waals surface area contributed by atoms with E-state index in [0.29, 0.717) is 17.9 Å². The summed E-state index contributed by atoms with van der Waals surface area (Å²) in [5, 5.41) is 16.8. The Morgan fingerprint density at radius 3 is 2.81 bits per heavy atom. The Hall–Kier alpha value is -2.52. The summed E-state index contributed by atoms with van der Waals surface area (Å²) in [6.07, 6.45) is 4.55. The van der Waals surface area contributed by atoms with Crippen LogP contribution in [0, 0.1) is 0 Å². The number of carbonyl (C=O) groups excluding carboxylic acids is 2. The number of pyridine rings is 1. The van der Waals surface area contributed by atoms with Gasteiger partial charge in [0.05, 0.1) is 23.5 Å². The molecule has 2 amide bonds. The summed E-state index contributed by atoms with van der Waals surface area (Å²) in [6.45, 7) is 8.11. The van der Waals surface area contributed by atoms with Crippen LogP contribution in [0.3, 0.4) is 0 Å². The third-order valence-electron chi connectivity index (χ3n) is 5.01. The van der Waals surface area contributed by atoms with E-state index in [1.807, 2.05) is 26.8 Å². The molecule has 1 fully saturated rings. The number of alkyl carbamates (subject to hydrolysis) is 1. The number of aliphatic hydroxyl groups is 1. The van der Waals surface area contributed by atoms with E-state index in [0.717, 1.165) is 30.5 Å². The second kappa shape index (κ2) is 8.92. The van der Waals surface area contributed by atoms with Crippen LogP contribution in [-0.4, -0.2) is 63.3 Å². The molecule has 3 heterocycles. The molecule has 0 saturated carbocycles. The van der Waals surface area contributed by atoms with Gasteiger partial charge in [-0.2, -0.15) is 0 Å². The second-order valence-corrected chi connectivity index (χ2v) is 9.32. The first-order chi connectivity index (χ1) is 14.5. The molecule has 0 spiro atoms. The monoisotopic (exact) mass is 451 g/mol. The number of piperidine rings is 1. The summed E-state index contributed by atoms with van der Waals surface area (Å²) in [5.74, 6) is -0.847. The average Bonchev–Trinajstić information content (AvgIpc) is 3.15. The molecule has 0 aliphatic carbocycles. The maximum Gasteiger partial charge on any atom is 0.407 e. The maximum absolute atomic E-state index is 12.5. The fourth-order valence-corrected chi connectivity index (χ4v) is 3.64. The van der Waals surface area contributed by atoms with Gasteiger partial charge in [0.2, 0.25) is 0 Å². The zero-order valence-electron chi connectivity index (χ0n) is 18.3. The molecule has 2 aromatic rings. The van der Waals surface area contributed by atoms with E-state index < -0.39 is 23.2 Å². The summed E-state index contributed by atoms with van der Waals surface area (Å²) in [7, 11) is 0. The lowest BCUT2D eigenvalue weighted by atomic mass is 10.0. The number of alkyl halides is 1. The van der Waals surface area contributed by atoms with E-state index in [4.69, 9.17) is 16.3 Å². The van der Waals surface area contributed by atoms with Crippen molar-refractivity contribution >= 4 is 46.0 Å². The van der Waals surface area contributed by atoms with Crippen molar-refractivity contribution in [3.05, 3.63) is 18.5 Å². The number of fused-ring (bicyclic) bond motifs is 1. The third-order valence-corrected chi connectivity index (χ3v) is 5.53. The van der Waals surface area contributed by atoms with Crippen LogP contribution in [0.15, 0.2) is 18.5 Å². The molecule has 2 unspecified atom stereocenters. The van der Waals surface area contributed by atoms with Crippen molar-refractivity contribution in [3.63, 3.8) is 0 Å². The van der Waals surface area contributed by atoms with Gasteiger partial charge in [-0.05, 0) is 46.6 Å². The van der Waals surface area contributed by atoms with Crippen LogP contribution in [0.5, 0.6) is 0 Å². The number of nitrogens with zero attached hydrogens (tertiary/aromatic N) is 2. The molecule has 1 aliphatic rings. The Labute approximate surface area is 186 Å². The van der Waals surface area contributed by atoms with Crippen LogP contribution < -0.4 is 15.5 Å². The Kier molecular flexibility index (Phi) is 6.66. The molecule has 9 nitrogen and oxygen atoms in total. The molecule has 10 heteroatoms. The molecule has 0 aromatic carbocycles. The molecule has 1 aliphatic heterocycles. The number of hydrogen-bond donors (Lipinski definition) is 4. The highest BCUT2D eigenvalue weighted by atomic mass is 35.5. The van der Waals surface area contributed by atoms with Gasteiger partial charge in [-0.1, -0.05) is 0 Å². The van der Waals surface area contributed by atoms with Crippen molar-refractivity contribution in [1.82, 2.24) is 15.3 Å². The second-order valence-electron chi connectivity index (χ2n) is 9.05. The zero-order chi connectivity index (χ0) is 22.8. The van der Waals surface area contributed by atoms with Crippen molar-refractivity contribution in [3.8, 4) is 0 Å². The lowest BCUT2D eigenvalue weighted by Crippen LogP contribution is -2.49. The predicted molar refractivity (Wildman–Crippen MR) is 121 cm³/mol. The Morgan fingerprint density at radius 2 is 2.13 bits per heavy atom. The first kappa shape index (κ1) is 23.1.